The highest BCUT2D eigenvalue weighted by Gasteiger charge is 2.32. The average molecular weight is 372 g/mol. The fourth-order valence-corrected chi connectivity index (χ4v) is 3.32. The Morgan fingerprint density at radius 1 is 1.26 bits per heavy atom. The summed E-state index contributed by atoms with van der Waals surface area (Å²) in [6.45, 7) is 7.85. The van der Waals surface area contributed by atoms with Crippen LogP contribution >= 0.6 is 0 Å². The van der Waals surface area contributed by atoms with Crippen molar-refractivity contribution in [2.75, 3.05) is 6.61 Å². The Morgan fingerprint density at radius 3 is 2.70 bits per heavy atom. The normalized spacial score (nSPS) is 15.6. The van der Waals surface area contributed by atoms with Crippen LogP contribution in [0.15, 0.2) is 36.4 Å². The number of halogens is 1. The average Bonchev–Trinajstić information content (AvgIpc) is 2.94. The van der Waals surface area contributed by atoms with Crippen LogP contribution in [0.4, 0.5) is 4.39 Å². The third-order valence-corrected chi connectivity index (χ3v) is 4.55. The van der Waals surface area contributed by atoms with Crippen LogP contribution in [0, 0.1) is 5.82 Å². The molecule has 27 heavy (non-hydrogen) atoms. The van der Waals surface area contributed by atoms with Gasteiger partial charge in [-0.15, -0.1) is 0 Å². The highest BCUT2D eigenvalue weighted by Crippen LogP contribution is 2.41. The molecule has 0 saturated heterocycles. The van der Waals surface area contributed by atoms with Crippen molar-refractivity contribution in [2.45, 2.75) is 52.2 Å². The summed E-state index contributed by atoms with van der Waals surface area (Å²) in [6.07, 6.45) is 0.345. The molecule has 1 aliphatic rings. The molecule has 0 aromatic heterocycles. The van der Waals surface area contributed by atoms with Gasteiger partial charge in [0.15, 0.2) is 17.7 Å². The van der Waals surface area contributed by atoms with E-state index in [1.807, 2.05) is 32.0 Å². The Balaban J connectivity index is 1.87. The van der Waals surface area contributed by atoms with E-state index in [-0.39, 0.29) is 18.0 Å². The van der Waals surface area contributed by atoms with Crippen LogP contribution in [0.3, 0.4) is 0 Å². The number of hydrogen-bond donors (Lipinski definition) is 0. The first-order valence-electron chi connectivity index (χ1n) is 9.28. The lowest BCUT2D eigenvalue weighted by atomic mass is 9.93. The van der Waals surface area contributed by atoms with Gasteiger partial charge in [-0.25, -0.2) is 9.18 Å². The number of benzene rings is 2. The topological polar surface area (TPSA) is 44.8 Å². The third kappa shape index (κ3) is 4.07. The molecule has 0 fully saturated rings. The molecule has 2 aromatic carbocycles. The fourth-order valence-electron chi connectivity index (χ4n) is 3.32. The molecule has 1 atom stereocenters. The van der Waals surface area contributed by atoms with Crippen molar-refractivity contribution in [3.63, 3.8) is 0 Å². The minimum Gasteiger partial charge on any atom is -0.487 e. The summed E-state index contributed by atoms with van der Waals surface area (Å²) in [6, 6.07) is 10.6. The Kier molecular flexibility index (Phi) is 5.40. The molecule has 0 amide bonds. The lowest BCUT2D eigenvalue weighted by Gasteiger charge is -2.17. The van der Waals surface area contributed by atoms with Gasteiger partial charge in [0, 0.05) is 12.0 Å². The van der Waals surface area contributed by atoms with Gasteiger partial charge in [0.05, 0.1) is 6.61 Å². The predicted molar refractivity (Wildman–Crippen MR) is 102 cm³/mol. The molecule has 0 bridgehead atoms. The molecule has 144 valence electrons. The van der Waals surface area contributed by atoms with Crippen LogP contribution in [-0.4, -0.2) is 24.3 Å². The van der Waals surface area contributed by atoms with E-state index in [2.05, 4.69) is 0 Å². The Labute approximate surface area is 159 Å². The van der Waals surface area contributed by atoms with Crippen molar-refractivity contribution < 1.29 is 23.4 Å². The van der Waals surface area contributed by atoms with Crippen molar-refractivity contribution in [2.24, 2.45) is 0 Å². The van der Waals surface area contributed by atoms with Crippen molar-refractivity contribution >= 4 is 5.97 Å². The second kappa shape index (κ2) is 7.59. The number of ether oxygens (including phenoxy) is 3. The molecular weight excluding hydrogens is 347 g/mol. The van der Waals surface area contributed by atoms with Crippen molar-refractivity contribution in [3.05, 3.63) is 47.8 Å². The van der Waals surface area contributed by atoms with Gasteiger partial charge in [-0.05, 0) is 56.5 Å². The maximum atomic E-state index is 14.7. The van der Waals surface area contributed by atoms with E-state index in [1.54, 1.807) is 26.0 Å². The maximum absolute atomic E-state index is 14.7. The molecule has 4 nitrogen and oxygen atoms in total. The van der Waals surface area contributed by atoms with Crippen LogP contribution in [-0.2, 0) is 16.0 Å². The van der Waals surface area contributed by atoms with Gasteiger partial charge < -0.3 is 14.2 Å². The standard InChI is InChI=1S/C22H25FO4/c1-5-18(21(24)25-6-2)26-20-11-10-14(12-17(20)23)15-8-7-9-19-16(15)13-22(3,4)27-19/h7-12,18H,5-6,13H2,1-4H3. The summed E-state index contributed by atoms with van der Waals surface area (Å²) in [5, 5.41) is 0. The van der Waals surface area contributed by atoms with Gasteiger partial charge in [0.1, 0.15) is 11.4 Å². The highest BCUT2D eigenvalue weighted by atomic mass is 19.1. The minimum atomic E-state index is -0.819. The summed E-state index contributed by atoms with van der Waals surface area (Å²) in [5.74, 6) is -0.107. The first-order valence-corrected chi connectivity index (χ1v) is 9.28. The van der Waals surface area contributed by atoms with E-state index >= 15 is 0 Å². The van der Waals surface area contributed by atoms with Crippen LogP contribution in [0.2, 0.25) is 0 Å². The molecule has 0 radical (unpaired) electrons. The lowest BCUT2D eigenvalue weighted by molar-refractivity contribution is -0.151. The number of hydrogen-bond acceptors (Lipinski definition) is 4. The molecule has 0 spiro atoms. The Hall–Kier alpha value is -2.56. The van der Waals surface area contributed by atoms with Gasteiger partial charge >= 0.3 is 5.97 Å². The minimum absolute atomic E-state index is 0.0443. The van der Waals surface area contributed by atoms with Gasteiger partial charge in [0.25, 0.3) is 0 Å². The first kappa shape index (κ1) is 19.2. The smallest absolute Gasteiger partial charge is 0.347 e. The number of rotatable bonds is 6. The van der Waals surface area contributed by atoms with E-state index in [9.17, 15) is 9.18 Å². The molecular formula is C22H25FO4. The zero-order chi connectivity index (χ0) is 19.6. The Morgan fingerprint density at radius 2 is 2.04 bits per heavy atom. The van der Waals surface area contributed by atoms with Crippen molar-refractivity contribution in [1.29, 1.82) is 0 Å². The molecule has 1 unspecified atom stereocenters. The monoisotopic (exact) mass is 372 g/mol. The van der Waals surface area contributed by atoms with E-state index < -0.39 is 17.9 Å². The maximum Gasteiger partial charge on any atom is 0.347 e. The number of carbonyl (C=O) groups excluding carboxylic acids is 1. The zero-order valence-electron chi connectivity index (χ0n) is 16.2. The molecule has 3 rings (SSSR count). The molecule has 0 saturated carbocycles. The zero-order valence-corrected chi connectivity index (χ0v) is 16.2. The first-order chi connectivity index (χ1) is 12.8. The molecule has 1 aliphatic heterocycles. The van der Waals surface area contributed by atoms with Gasteiger partial charge in [-0.3, -0.25) is 0 Å². The lowest BCUT2D eigenvalue weighted by Crippen LogP contribution is -2.29. The number of esters is 1. The SMILES string of the molecule is CCOC(=O)C(CC)Oc1ccc(-c2cccc3c2CC(C)(C)O3)cc1F. The van der Waals surface area contributed by atoms with Crippen LogP contribution < -0.4 is 9.47 Å². The summed E-state index contributed by atoms with van der Waals surface area (Å²) in [5.41, 5.74) is 2.50. The quantitative estimate of drug-likeness (QED) is 0.675. The summed E-state index contributed by atoms with van der Waals surface area (Å²) in [7, 11) is 0. The van der Waals surface area contributed by atoms with Crippen LogP contribution in [0.5, 0.6) is 11.5 Å². The van der Waals surface area contributed by atoms with E-state index in [0.717, 1.165) is 28.9 Å². The van der Waals surface area contributed by atoms with Crippen molar-refractivity contribution in [3.8, 4) is 22.6 Å². The van der Waals surface area contributed by atoms with E-state index in [1.165, 1.54) is 6.07 Å². The molecule has 1 heterocycles. The predicted octanol–water partition coefficient (Wildman–Crippen LogP) is 4.93. The summed E-state index contributed by atoms with van der Waals surface area (Å²) in [4.78, 5) is 11.9. The van der Waals surface area contributed by atoms with E-state index in [0.29, 0.717) is 6.42 Å². The highest BCUT2D eigenvalue weighted by molar-refractivity contribution is 5.75. The number of fused-ring (bicyclic) bond motifs is 1. The second-order valence-corrected chi connectivity index (χ2v) is 7.23. The summed E-state index contributed by atoms with van der Waals surface area (Å²) < 4.78 is 31.2. The molecule has 5 heteroatoms. The van der Waals surface area contributed by atoms with Gasteiger partial charge in [-0.2, -0.15) is 0 Å². The largest absolute Gasteiger partial charge is 0.487 e. The molecule has 2 aromatic rings. The van der Waals surface area contributed by atoms with E-state index in [4.69, 9.17) is 14.2 Å². The fraction of sp³-hybridized carbons (Fsp3) is 0.409. The number of carbonyl (C=O) groups is 1. The van der Waals surface area contributed by atoms with Gasteiger partial charge in [-0.1, -0.05) is 25.1 Å². The molecule has 0 aliphatic carbocycles. The summed E-state index contributed by atoms with van der Waals surface area (Å²) >= 11 is 0. The second-order valence-electron chi connectivity index (χ2n) is 7.23. The third-order valence-electron chi connectivity index (χ3n) is 4.55. The van der Waals surface area contributed by atoms with Crippen molar-refractivity contribution in [1.82, 2.24) is 0 Å². The molecule has 0 N–H and O–H groups in total. The Bertz CT molecular complexity index is 844. The van der Waals surface area contributed by atoms with Gasteiger partial charge in [0.2, 0.25) is 0 Å². The van der Waals surface area contributed by atoms with Crippen LogP contribution in [0.25, 0.3) is 11.1 Å². The van der Waals surface area contributed by atoms with Crippen LogP contribution in [0.1, 0.15) is 39.7 Å².